The Labute approximate surface area is 189 Å². The van der Waals surface area contributed by atoms with Gasteiger partial charge >= 0.3 is 0 Å². The Morgan fingerprint density at radius 2 is 1.69 bits per heavy atom. The molecule has 2 N–H and O–H groups in total. The monoisotopic (exact) mass is 452 g/mol. The van der Waals surface area contributed by atoms with Gasteiger partial charge in [-0.15, -0.1) is 0 Å². The molecular formula is C25H28N2O4S. The zero-order valence-electron chi connectivity index (χ0n) is 18.7. The van der Waals surface area contributed by atoms with Crippen LogP contribution in [-0.4, -0.2) is 20.9 Å². The van der Waals surface area contributed by atoms with Crippen LogP contribution in [0.4, 0.5) is 5.69 Å². The molecule has 3 rings (SSSR count). The molecule has 7 heteroatoms. The smallest absolute Gasteiger partial charge is 0.262 e. The highest BCUT2D eigenvalue weighted by molar-refractivity contribution is 7.92. The molecule has 0 aliphatic rings. The highest BCUT2D eigenvalue weighted by atomic mass is 32.2. The third-order valence-electron chi connectivity index (χ3n) is 5.25. The molecule has 6 nitrogen and oxygen atoms in total. The fourth-order valence-electron chi connectivity index (χ4n) is 3.29. The molecule has 0 aliphatic carbocycles. The molecule has 0 saturated heterocycles. The Morgan fingerprint density at radius 1 is 0.938 bits per heavy atom. The van der Waals surface area contributed by atoms with Gasteiger partial charge in [0.1, 0.15) is 5.75 Å². The van der Waals surface area contributed by atoms with Crippen molar-refractivity contribution >= 4 is 21.6 Å². The summed E-state index contributed by atoms with van der Waals surface area (Å²) in [7, 11) is -3.86. The normalized spacial score (nSPS) is 11.1. The molecule has 3 aromatic rings. The molecule has 32 heavy (non-hydrogen) atoms. The quantitative estimate of drug-likeness (QED) is 0.517. The van der Waals surface area contributed by atoms with Crippen molar-refractivity contribution in [3.05, 3.63) is 88.5 Å². The number of rotatable bonds is 8. The van der Waals surface area contributed by atoms with Crippen LogP contribution in [0.2, 0.25) is 0 Å². The maximum Gasteiger partial charge on any atom is 0.262 e. The van der Waals surface area contributed by atoms with E-state index in [2.05, 4.69) is 10.0 Å². The lowest BCUT2D eigenvalue weighted by atomic mass is 10.1. The SMILES string of the molecule is CCOc1cccc(CNC(=O)c2ccc(C)c(S(=O)(=O)Nc3cccc(C)c3C)c2)c1. The van der Waals surface area contributed by atoms with Crippen LogP contribution in [0.5, 0.6) is 5.75 Å². The van der Waals surface area contributed by atoms with Crippen molar-refractivity contribution in [2.75, 3.05) is 11.3 Å². The van der Waals surface area contributed by atoms with Crippen molar-refractivity contribution in [2.45, 2.75) is 39.1 Å². The van der Waals surface area contributed by atoms with E-state index in [1.54, 1.807) is 31.2 Å². The van der Waals surface area contributed by atoms with Gasteiger partial charge in [-0.2, -0.15) is 0 Å². The van der Waals surface area contributed by atoms with E-state index in [9.17, 15) is 13.2 Å². The van der Waals surface area contributed by atoms with Crippen molar-refractivity contribution in [1.29, 1.82) is 0 Å². The second-order valence-corrected chi connectivity index (χ2v) is 9.25. The van der Waals surface area contributed by atoms with Crippen LogP contribution in [0.3, 0.4) is 0 Å². The first-order valence-electron chi connectivity index (χ1n) is 10.4. The summed E-state index contributed by atoms with van der Waals surface area (Å²) in [6.45, 7) is 8.27. The summed E-state index contributed by atoms with van der Waals surface area (Å²) in [4.78, 5) is 12.8. The molecular weight excluding hydrogens is 424 g/mol. The summed E-state index contributed by atoms with van der Waals surface area (Å²) < 4.78 is 34.3. The van der Waals surface area contributed by atoms with Crippen molar-refractivity contribution in [2.24, 2.45) is 0 Å². The standard InChI is InChI=1S/C25H28N2O4S/c1-5-31-22-10-7-9-20(14-22)16-26-25(28)21-13-12-18(3)24(15-21)32(29,30)27-23-11-6-8-17(2)19(23)4/h6-15,27H,5,16H2,1-4H3,(H,26,28). The molecule has 3 aromatic carbocycles. The number of sulfonamides is 1. The van der Waals surface area contributed by atoms with Crippen molar-refractivity contribution in [1.82, 2.24) is 5.32 Å². The maximum atomic E-state index is 13.1. The first-order chi connectivity index (χ1) is 15.2. The molecule has 0 atom stereocenters. The van der Waals surface area contributed by atoms with Gasteiger partial charge in [-0.1, -0.05) is 30.3 Å². The molecule has 0 aromatic heterocycles. The van der Waals surface area contributed by atoms with Crippen LogP contribution in [0.15, 0.2) is 65.6 Å². The second kappa shape index (κ2) is 9.87. The summed E-state index contributed by atoms with van der Waals surface area (Å²) in [5, 5.41) is 2.84. The van der Waals surface area contributed by atoms with Crippen LogP contribution in [0.25, 0.3) is 0 Å². The average Bonchev–Trinajstić information content (AvgIpc) is 2.76. The number of anilines is 1. The van der Waals surface area contributed by atoms with Crippen molar-refractivity contribution in [3.63, 3.8) is 0 Å². The Bertz CT molecular complexity index is 1240. The lowest BCUT2D eigenvalue weighted by molar-refractivity contribution is 0.0950. The molecule has 0 aliphatic heterocycles. The van der Waals surface area contributed by atoms with Crippen LogP contribution < -0.4 is 14.8 Å². The molecule has 168 valence electrons. The van der Waals surface area contributed by atoms with E-state index < -0.39 is 10.0 Å². The maximum absolute atomic E-state index is 13.1. The first-order valence-corrected chi connectivity index (χ1v) is 11.9. The number of nitrogens with one attached hydrogen (secondary N) is 2. The number of aryl methyl sites for hydroxylation is 2. The van der Waals surface area contributed by atoms with Gasteiger partial charge in [0.25, 0.3) is 15.9 Å². The van der Waals surface area contributed by atoms with Gasteiger partial charge in [-0.25, -0.2) is 8.42 Å². The van der Waals surface area contributed by atoms with E-state index in [0.717, 1.165) is 22.4 Å². The Morgan fingerprint density at radius 3 is 2.44 bits per heavy atom. The molecule has 0 radical (unpaired) electrons. The summed E-state index contributed by atoms with van der Waals surface area (Å²) in [6.07, 6.45) is 0. The summed E-state index contributed by atoms with van der Waals surface area (Å²) in [6, 6.07) is 17.6. The van der Waals surface area contributed by atoms with E-state index in [-0.39, 0.29) is 16.4 Å². The summed E-state index contributed by atoms with van der Waals surface area (Å²) >= 11 is 0. The molecule has 0 fully saturated rings. The minimum Gasteiger partial charge on any atom is -0.494 e. The third-order valence-corrected chi connectivity index (χ3v) is 6.76. The lowest BCUT2D eigenvalue weighted by Crippen LogP contribution is -2.23. The molecule has 0 heterocycles. The lowest BCUT2D eigenvalue weighted by Gasteiger charge is -2.14. The van der Waals surface area contributed by atoms with E-state index in [0.29, 0.717) is 24.4 Å². The van der Waals surface area contributed by atoms with Gasteiger partial charge in [0.2, 0.25) is 0 Å². The molecule has 0 bridgehead atoms. The van der Waals surface area contributed by atoms with Crippen LogP contribution >= 0.6 is 0 Å². The number of carbonyl (C=O) groups excluding carboxylic acids is 1. The number of hydrogen-bond donors (Lipinski definition) is 2. The topological polar surface area (TPSA) is 84.5 Å². The third kappa shape index (κ3) is 5.48. The number of benzene rings is 3. The van der Waals surface area contributed by atoms with Gasteiger partial charge in [-0.3, -0.25) is 9.52 Å². The van der Waals surface area contributed by atoms with Crippen LogP contribution in [0, 0.1) is 20.8 Å². The van der Waals surface area contributed by atoms with E-state index in [1.807, 2.05) is 51.1 Å². The zero-order valence-corrected chi connectivity index (χ0v) is 19.5. The predicted octanol–water partition coefficient (Wildman–Crippen LogP) is 4.74. The highest BCUT2D eigenvalue weighted by Crippen LogP contribution is 2.24. The van der Waals surface area contributed by atoms with Crippen LogP contribution in [0.1, 0.15) is 39.5 Å². The number of hydrogen-bond acceptors (Lipinski definition) is 4. The van der Waals surface area contributed by atoms with Gasteiger partial charge < -0.3 is 10.1 Å². The van der Waals surface area contributed by atoms with Gasteiger partial charge in [-0.05, 0) is 80.3 Å². The van der Waals surface area contributed by atoms with Gasteiger partial charge in [0.05, 0.1) is 17.2 Å². The number of carbonyl (C=O) groups is 1. The Hall–Kier alpha value is -3.32. The summed E-state index contributed by atoms with van der Waals surface area (Å²) in [5.41, 5.74) is 4.09. The fourth-order valence-corrected chi connectivity index (χ4v) is 4.68. The van der Waals surface area contributed by atoms with E-state index >= 15 is 0 Å². The predicted molar refractivity (Wildman–Crippen MR) is 127 cm³/mol. The molecule has 1 amide bonds. The second-order valence-electron chi connectivity index (χ2n) is 7.60. The summed E-state index contributed by atoms with van der Waals surface area (Å²) in [5.74, 6) is 0.385. The van der Waals surface area contributed by atoms with Crippen molar-refractivity contribution in [3.8, 4) is 5.75 Å². The average molecular weight is 453 g/mol. The Balaban J connectivity index is 1.79. The molecule has 0 unspecified atom stereocenters. The first kappa shape index (κ1) is 23.3. The minimum atomic E-state index is -3.86. The van der Waals surface area contributed by atoms with E-state index in [4.69, 9.17) is 4.74 Å². The van der Waals surface area contributed by atoms with Crippen molar-refractivity contribution < 1.29 is 17.9 Å². The minimum absolute atomic E-state index is 0.0735. The van der Waals surface area contributed by atoms with Gasteiger partial charge in [0.15, 0.2) is 0 Å². The van der Waals surface area contributed by atoms with Crippen LogP contribution in [-0.2, 0) is 16.6 Å². The van der Waals surface area contributed by atoms with E-state index in [1.165, 1.54) is 6.07 Å². The number of ether oxygens (including phenoxy) is 1. The molecule has 0 spiro atoms. The largest absolute Gasteiger partial charge is 0.494 e. The number of amides is 1. The Kier molecular flexibility index (Phi) is 7.20. The molecule has 0 saturated carbocycles. The highest BCUT2D eigenvalue weighted by Gasteiger charge is 2.20. The zero-order chi connectivity index (χ0) is 23.3. The van der Waals surface area contributed by atoms with Gasteiger partial charge in [0, 0.05) is 12.1 Å². The fraction of sp³-hybridized carbons (Fsp3) is 0.240.